The molecule has 0 bridgehead atoms. The Balaban J connectivity index is 1.94. The van der Waals surface area contributed by atoms with E-state index in [0.29, 0.717) is 6.04 Å². The van der Waals surface area contributed by atoms with Gasteiger partial charge in [0.1, 0.15) is 0 Å². The summed E-state index contributed by atoms with van der Waals surface area (Å²) in [6.45, 7) is 2.18. The molecular formula is C17H21BrN2. The minimum Gasteiger partial charge on any atom is -0.317 e. The third-order valence-corrected chi connectivity index (χ3v) is 4.11. The van der Waals surface area contributed by atoms with Crippen LogP contribution in [0, 0.1) is 6.92 Å². The van der Waals surface area contributed by atoms with E-state index in [0.717, 1.165) is 23.7 Å². The highest BCUT2D eigenvalue weighted by molar-refractivity contribution is 9.10. The zero-order valence-electron chi connectivity index (χ0n) is 12.1. The first-order chi connectivity index (χ1) is 9.69. The summed E-state index contributed by atoms with van der Waals surface area (Å²) >= 11 is 3.48. The molecule has 0 aliphatic carbocycles. The standard InChI is InChI=1S/C17H21BrN2/c1-13-5-3-4-6-15(13)7-8-17(19-2)10-14-9-16(18)12-20-11-14/h3-6,9,11-12,17,19H,7-8,10H2,1-2H3. The molecule has 1 aromatic heterocycles. The second-order valence-electron chi connectivity index (χ2n) is 5.17. The predicted molar refractivity (Wildman–Crippen MR) is 88.0 cm³/mol. The maximum absolute atomic E-state index is 4.23. The molecule has 2 aromatic rings. The Labute approximate surface area is 129 Å². The first-order valence-electron chi connectivity index (χ1n) is 7.00. The Morgan fingerprint density at radius 3 is 2.75 bits per heavy atom. The topological polar surface area (TPSA) is 24.9 Å². The van der Waals surface area contributed by atoms with Crippen molar-refractivity contribution in [2.24, 2.45) is 0 Å². The van der Waals surface area contributed by atoms with Crippen LogP contribution in [0.5, 0.6) is 0 Å². The van der Waals surface area contributed by atoms with Gasteiger partial charge in [0, 0.05) is 22.9 Å². The molecule has 1 unspecified atom stereocenters. The van der Waals surface area contributed by atoms with Gasteiger partial charge in [-0.05, 0) is 71.9 Å². The van der Waals surface area contributed by atoms with Crippen molar-refractivity contribution in [3.63, 3.8) is 0 Å². The van der Waals surface area contributed by atoms with Crippen LogP contribution in [0.1, 0.15) is 23.1 Å². The van der Waals surface area contributed by atoms with Crippen molar-refractivity contribution in [2.45, 2.75) is 32.2 Å². The van der Waals surface area contributed by atoms with E-state index in [4.69, 9.17) is 0 Å². The average molecular weight is 333 g/mol. The molecule has 2 nitrogen and oxygen atoms in total. The lowest BCUT2D eigenvalue weighted by molar-refractivity contribution is 0.519. The third kappa shape index (κ3) is 4.43. The maximum Gasteiger partial charge on any atom is 0.0410 e. The molecule has 0 spiro atoms. The molecule has 0 saturated carbocycles. The highest BCUT2D eigenvalue weighted by Gasteiger charge is 2.09. The van der Waals surface area contributed by atoms with E-state index < -0.39 is 0 Å². The largest absolute Gasteiger partial charge is 0.317 e. The minimum absolute atomic E-state index is 0.478. The Bertz CT molecular complexity index is 554. The first kappa shape index (κ1) is 15.2. The quantitative estimate of drug-likeness (QED) is 0.867. The average Bonchev–Trinajstić information content (AvgIpc) is 2.45. The van der Waals surface area contributed by atoms with Gasteiger partial charge in [-0.1, -0.05) is 24.3 Å². The number of aromatic nitrogens is 1. The number of rotatable bonds is 6. The van der Waals surface area contributed by atoms with Crippen molar-refractivity contribution in [1.82, 2.24) is 10.3 Å². The van der Waals surface area contributed by atoms with Gasteiger partial charge in [-0.15, -0.1) is 0 Å². The zero-order chi connectivity index (χ0) is 14.4. The minimum atomic E-state index is 0.478. The third-order valence-electron chi connectivity index (χ3n) is 3.68. The summed E-state index contributed by atoms with van der Waals surface area (Å²) in [5.74, 6) is 0. The Kier molecular flexibility index (Phi) is 5.74. The van der Waals surface area contributed by atoms with Crippen LogP contribution in [0.25, 0.3) is 0 Å². The number of aryl methyl sites for hydroxylation is 2. The van der Waals surface area contributed by atoms with Gasteiger partial charge in [0.25, 0.3) is 0 Å². The normalized spacial score (nSPS) is 12.3. The van der Waals surface area contributed by atoms with Crippen LogP contribution >= 0.6 is 15.9 Å². The van der Waals surface area contributed by atoms with Crippen LogP contribution in [0.15, 0.2) is 47.2 Å². The molecule has 1 heterocycles. The molecule has 0 radical (unpaired) electrons. The number of likely N-dealkylation sites (N-methyl/N-ethyl adjacent to an activating group) is 1. The number of nitrogens with one attached hydrogen (secondary N) is 1. The van der Waals surface area contributed by atoms with Gasteiger partial charge < -0.3 is 5.32 Å². The van der Waals surface area contributed by atoms with E-state index in [1.807, 2.05) is 19.4 Å². The Morgan fingerprint density at radius 2 is 2.05 bits per heavy atom. The lowest BCUT2D eigenvalue weighted by Crippen LogP contribution is -2.28. The summed E-state index contributed by atoms with van der Waals surface area (Å²) in [5, 5.41) is 3.42. The summed E-state index contributed by atoms with van der Waals surface area (Å²) in [5.41, 5.74) is 4.09. The smallest absolute Gasteiger partial charge is 0.0410 e. The predicted octanol–water partition coefficient (Wildman–Crippen LogP) is 3.92. The second-order valence-corrected chi connectivity index (χ2v) is 6.08. The van der Waals surface area contributed by atoms with E-state index in [9.17, 15) is 0 Å². The second kappa shape index (κ2) is 7.55. The van der Waals surface area contributed by atoms with Crippen LogP contribution < -0.4 is 5.32 Å². The van der Waals surface area contributed by atoms with Crippen molar-refractivity contribution >= 4 is 15.9 Å². The van der Waals surface area contributed by atoms with Crippen LogP contribution in [0.2, 0.25) is 0 Å². The fourth-order valence-corrected chi connectivity index (χ4v) is 2.83. The highest BCUT2D eigenvalue weighted by atomic mass is 79.9. The molecule has 106 valence electrons. The molecule has 0 aliphatic rings. The van der Waals surface area contributed by atoms with Gasteiger partial charge in [0.2, 0.25) is 0 Å². The molecule has 1 atom stereocenters. The molecule has 2 rings (SSSR count). The SMILES string of the molecule is CNC(CCc1ccccc1C)Cc1cncc(Br)c1. The molecule has 0 amide bonds. The van der Waals surface area contributed by atoms with Gasteiger partial charge in [-0.3, -0.25) is 4.98 Å². The van der Waals surface area contributed by atoms with Gasteiger partial charge in [0.15, 0.2) is 0 Å². The number of hydrogen-bond donors (Lipinski definition) is 1. The Morgan fingerprint density at radius 1 is 1.25 bits per heavy atom. The summed E-state index contributed by atoms with van der Waals surface area (Å²) in [7, 11) is 2.04. The number of halogens is 1. The summed E-state index contributed by atoms with van der Waals surface area (Å²) < 4.78 is 1.05. The van der Waals surface area contributed by atoms with Crippen LogP contribution in [-0.2, 0) is 12.8 Å². The monoisotopic (exact) mass is 332 g/mol. The number of nitrogens with zero attached hydrogens (tertiary/aromatic N) is 1. The lowest BCUT2D eigenvalue weighted by atomic mass is 9.98. The Hall–Kier alpha value is -1.19. The zero-order valence-corrected chi connectivity index (χ0v) is 13.7. The van der Waals surface area contributed by atoms with E-state index >= 15 is 0 Å². The molecule has 1 aromatic carbocycles. The number of hydrogen-bond acceptors (Lipinski definition) is 2. The molecule has 20 heavy (non-hydrogen) atoms. The number of pyridine rings is 1. The molecule has 1 N–H and O–H groups in total. The molecule has 0 saturated heterocycles. The molecule has 0 fully saturated rings. The number of benzene rings is 1. The maximum atomic E-state index is 4.23. The molecule has 0 aliphatic heterocycles. The van der Waals surface area contributed by atoms with Crippen molar-refractivity contribution in [1.29, 1.82) is 0 Å². The summed E-state index contributed by atoms with van der Waals surface area (Å²) in [4.78, 5) is 4.23. The van der Waals surface area contributed by atoms with E-state index in [-0.39, 0.29) is 0 Å². The lowest BCUT2D eigenvalue weighted by Gasteiger charge is -2.17. The van der Waals surface area contributed by atoms with Gasteiger partial charge >= 0.3 is 0 Å². The van der Waals surface area contributed by atoms with Gasteiger partial charge in [-0.25, -0.2) is 0 Å². The van der Waals surface area contributed by atoms with Crippen molar-refractivity contribution in [2.75, 3.05) is 7.05 Å². The van der Waals surface area contributed by atoms with Gasteiger partial charge in [0.05, 0.1) is 0 Å². The van der Waals surface area contributed by atoms with Crippen molar-refractivity contribution in [3.8, 4) is 0 Å². The molecule has 3 heteroatoms. The van der Waals surface area contributed by atoms with E-state index in [2.05, 4.69) is 63.5 Å². The highest BCUT2D eigenvalue weighted by Crippen LogP contribution is 2.15. The summed E-state index contributed by atoms with van der Waals surface area (Å²) in [6, 6.07) is 11.2. The van der Waals surface area contributed by atoms with Crippen LogP contribution in [0.4, 0.5) is 0 Å². The van der Waals surface area contributed by atoms with Crippen LogP contribution in [0.3, 0.4) is 0 Å². The molecular weight excluding hydrogens is 312 g/mol. The fourth-order valence-electron chi connectivity index (χ4n) is 2.42. The van der Waals surface area contributed by atoms with E-state index in [1.165, 1.54) is 16.7 Å². The van der Waals surface area contributed by atoms with Gasteiger partial charge in [-0.2, -0.15) is 0 Å². The van der Waals surface area contributed by atoms with Crippen molar-refractivity contribution < 1.29 is 0 Å². The first-order valence-corrected chi connectivity index (χ1v) is 7.79. The fraction of sp³-hybridized carbons (Fsp3) is 0.353. The summed E-state index contributed by atoms with van der Waals surface area (Å²) in [6.07, 6.45) is 7.02. The van der Waals surface area contributed by atoms with Crippen molar-refractivity contribution in [3.05, 3.63) is 63.9 Å². The van der Waals surface area contributed by atoms with Crippen LogP contribution in [-0.4, -0.2) is 18.1 Å². The van der Waals surface area contributed by atoms with E-state index in [1.54, 1.807) is 0 Å².